The molecule has 1 rings (SSSR count). The first-order valence-electron chi connectivity index (χ1n) is 5.00. The Labute approximate surface area is 91.5 Å². The molecule has 0 aliphatic heterocycles. The van der Waals surface area contributed by atoms with Gasteiger partial charge in [0, 0.05) is 5.56 Å². The van der Waals surface area contributed by atoms with E-state index >= 15 is 0 Å². The lowest BCUT2D eigenvalue weighted by Crippen LogP contribution is -2.21. The van der Waals surface area contributed by atoms with Gasteiger partial charge >= 0.3 is 0 Å². The average molecular weight is 202 g/mol. The van der Waals surface area contributed by atoms with Gasteiger partial charge in [-0.2, -0.15) is 0 Å². The fraction of sp³-hybridized carbons (Fsp3) is 0.308. The molecule has 0 aromatic heterocycles. The zero-order valence-electron chi connectivity index (χ0n) is 9.62. The van der Waals surface area contributed by atoms with Crippen LogP contribution in [0.25, 0.3) is 6.08 Å². The Morgan fingerprint density at radius 3 is 2.20 bits per heavy atom. The summed E-state index contributed by atoms with van der Waals surface area (Å²) in [5, 5.41) is 0. The minimum atomic E-state index is -0.138. The molecule has 0 amide bonds. The van der Waals surface area contributed by atoms with Crippen molar-refractivity contribution < 1.29 is 0 Å². The molecule has 0 unspecified atom stereocenters. The van der Waals surface area contributed by atoms with Crippen LogP contribution in [0, 0.1) is 0 Å². The Balaban J connectivity index is 2.97. The maximum atomic E-state index is 5.90. The summed E-state index contributed by atoms with van der Waals surface area (Å²) in [4.78, 5) is 4.40. The second kappa shape index (κ2) is 4.30. The predicted octanol–water partition coefficient (Wildman–Crippen LogP) is 2.83. The van der Waals surface area contributed by atoms with E-state index in [0.717, 1.165) is 11.1 Å². The molecular weight excluding hydrogens is 184 g/mol. The highest BCUT2D eigenvalue weighted by Crippen LogP contribution is 2.10. The Morgan fingerprint density at radius 1 is 1.27 bits per heavy atom. The summed E-state index contributed by atoms with van der Waals surface area (Å²) in [6, 6.07) is 7.88. The number of nitrogens with two attached hydrogens (primary N) is 1. The maximum absolute atomic E-state index is 5.90. The van der Waals surface area contributed by atoms with E-state index in [9.17, 15) is 0 Å². The molecule has 0 saturated carbocycles. The van der Waals surface area contributed by atoms with Gasteiger partial charge in [-0.25, -0.2) is 0 Å². The number of rotatable bonds is 2. The molecule has 15 heavy (non-hydrogen) atoms. The topological polar surface area (TPSA) is 38.4 Å². The van der Waals surface area contributed by atoms with Crippen LogP contribution in [0.2, 0.25) is 0 Å². The molecule has 0 atom stereocenters. The smallest absolute Gasteiger partial charge is 0.126 e. The number of hydrogen-bond acceptors (Lipinski definition) is 1. The monoisotopic (exact) mass is 202 g/mol. The molecule has 2 nitrogen and oxygen atoms in total. The SMILES string of the molecule is C=Cc1ccc(C(N)=NC(C)(C)C)cc1. The quantitative estimate of drug-likeness (QED) is 0.581. The molecule has 0 fully saturated rings. The Hall–Kier alpha value is -1.57. The molecule has 0 saturated heterocycles. The van der Waals surface area contributed by atoms with E-state index < -0.39 is 0 Å². The van der Waals surface area contributed by atoms with Crippen LogP contribution in [0.15, 0.2) is 35.8 Å². The van der Waals surface area contributed by atoms with E-state index in [-0.39, 0.29) is 5.54 Å². The van der Waals surface area contributed by atoms with Crippen LogP contribution in [0.3, 0.4) is 0 Å². The van der Waals surface area contributed by atoms with Crippen molar-refractivity contribution in [1.82, 2.24) is 0 Å². The van der Waals surface area contributed by atoms with Crippen molar-refractivity contribution in [3.8, 4) is 0 Å². The van der Waals surface area contributed by atoms with E-state index in [1.165, 1.54) is 0 Å². The summed E-state index contributed by atoms with van der Waals surface area (Å²) in [7, 11) is 0. The normalized spacial score (nSPS) is 12.6. The predicted molar refractivity (Wildman–Crippen MR) is 67.0 cm³/mol. The molecule has 2 heteroatoms. The van der Waals surface area contributed by atoms with Crippen LogP contribution in [-0.2, 0) is 0 Å². The van der Waals surface area contributed by atoms with Gasteiger partial charge in [-0.05, 0) is 26.3 Å². The molecule has 0 heterocycles. The Kier molecular flexibility index (Phi) is 3.30. The van der Waals surface area contributed by atoms with Crippen molar-refractivity contribution in [2.45, 2.75) is 26.3 Å². The molecule has 0 aliphatic carbocycles. The lowest BCUT2D eigenvalue weighted by Gasteiger charge is -2.13. The van der Waals surface area contributed by atoms with Gasteiger partial charge in [0.2, 0.25) is 0 Å². The minimum Gasteiger partial charge on any atom is -0.383 e. The van der Waals surface area contributed by atoms with Crippen LogP contribution in [0.4, 0.5) is 0 Å². The fourth-order valence-electron chi connectivity index (χ4n) is 1.22. The molecule has 0 aliphatic rings. The van der Waals surface area contributed by atoms with Gasteiger partial charge in [0.15, 0.2) is 0 Å². The van der Waals surface area contributed by atoms with Gasteiger partial charge in [0.05, 0.1) is 5.54 Å². The van der Waals surface area contributed by atoms with Crippen molar-refractivity contribution in [3.63, 3.8) is 0 Å². The number of benzene rings is 1. The first-order valence-corrected chi connectivity index (χ1v) is 5.00. The second-order valence-corrected chi connectivity index (χ2v) is 4.49. The van der Waals surface area contributed by atoms with Gasteiger partial charge < -0.3 is 5.73 Å². The van der Waals surface area contributed by atoms with E-state index in [1.54, 1.807) is 6.08 Å². The standard InChI is InChI=1S/C13H18N2/c1-5-10-6-8-11(9-7-10)12(14)15-13(2,3)4/h5-9H,1H2,2-4H3,(H2,14,15). The highest BCUT2D eigenvalue weighted by molar-refractivity contribution is 5.97. The molecule has 1 aromatic rings. The average Bonchev–Trinajstić information content (AvgIpc) is 2.15. The van der Waals surface area contributed by atoms with Crippen molar-refractivity contribution in [1.29, 1.82) is 0 Å². The molecular formula is C13H18N2. The highest BCUT2D eigenvalue weighted by Gasteiger charge is 2.08. The van der Waals surface area contributed by atoms with E-state index in [4.69, 9.17) is 5.73 Å². The van der Waals surface area contributed by atoms with Gasteiger partial charge in [0.1, 0.15) is 5.84 Å². The summed E-state index contributed by atoms with van der Waals surface area (Å²) in [5.74, 6) is 0.582. The molecule has 0 spiro atoms. The summed E-state index contributed by atoms with van der Waals surface area (Å²) in [6.07, 6.45) is 1.81. The number of hydrogen-bond donors (Lipinski definition) is 1. The summed E-state index contributed by atoms with van der Waals surface area (Å²) >= 11 is 0. The third kappa shape index (κ3) is 3.58. The Morgan fingerprint density at radius 2 is 1.80 bits per heavy atom. The van der Waals surface area contributed by atoms with E-state index in [2.05, 4.69) is 11.6 Å². The first-order chi connectivity index (χ1) is 6.92. The van der Waals surface area contributed by atoms with Crippen molar-refractivity contribution in [2.24, 2.45) is 10.7 Å². The van der Waals surface area contributed by atoms with Gasteiger partial charge in [-0.15, -0.1) is 0 Å². The largest absolute Gasteiger partial charge is 0.383 e. The number of aliphatic imine (C=N–C) groups is 1. The van der Waals surface area contributed by atoms with Crippen LogP contribution in [0.5, 0.6) is 0 Å². The first kappa shape index (κ1) is 11.5. The summed E-state index contributed by atoms with van der Waals surface area (Å²) in [6.45, 7) is 9.78. The van der Waals surface area contributed by atoms with Crippen LogP contribution in [0.1, 0.15) is 31.9 Å². The minimum absolute atomic E-state index is 0.138. The maximum Gasteiger partial charge on any atom is 0.126 e. The van der Waals surface area contributed by atoms with Gasteiger partial charge in [-0.1, -0.05) is 36.9 Å². The van der Waals surface area contributed by atoms with Crippen molar-refractivity contribution >= 4 is 11.9 Å². The molecule has 0 radical (unpaired) electrons. The van der Waals surface area contributed by atoms with Crippen molar-refractivity contribution in [2.75, 3.05) is 0 Å². The van der Waals surface area contributed by atoms with Gasteiger partial charge in [-0.3, -0.25) is 4.99 Å². The summed E-state index contributed by atoms with van der Waals surface area (Å²) in [5.41, 5.74) is 7.80. The number of nitrogens with zero attached hydrogens (tertiary/aromatic N) is 1. The summed E-state index contributed by atoms with van der Waals surface area (Å²) < 4.78 is 0. The zero-order valence-corrected chi connectivity index (χ0v) is 9.62. The molecule has 2 N–H and O–H groups in total. The van der Waals surface area contributed by atoms with E-state index in [1.807, 2.05) is 45.0 Å². The number of amidine groups is 1. The van der Waals surface area contributed by atoms with Crippen molar-refractivity contribution in [3.05, 3.63) is 42.0 Å². The Bertz CT molecular complexity index is 367. The van der Waals surface area contributed by atoms with E-state index in [0.29, 0.717) is 5.84 Å². The lowest BCUT2D eigenvalue weighted by molar-refractivity contribution is 0.583. The third-order valence-corrected chi connectivity index (χ3v) is 1.90. The second-order valence-electron chi connectivity index (χ2n) is 4.49. The van der Waals surface area contributed by atoms with Crippen LogP contribution < -0.4 is 5.73 Å². The fourth-order valence-corrected chi connectivity index (χ4v) is 1.22. The van der Waals surface area contributed by atoms with Crippen LogP contribution in [-0.4, -0.2) is 11.4 Å². The molecule has 80 valence electrons. The van der Waals surface area contributed by atoms with Crippen LogP contribution >= 0.6 is 0 Å². The lowest BCUT2D eigenvalue weighted by atomic mass is 10.1. The molecule has 1 aromatic carbocycles. The molecule has 0 bridgehead atoms. The third-order valence-electron chi connectivity index (χ3n) is 1.90. The highest BCUT2D eigenvalue weighted by atomic mass is 14.9. The zero-order chi connectivity index (χ0) is 11.5. The van der Waals surface area contributed by atoms with Gasteiger partial charge in [0.25, 0.3) is 0 Å².